The van der Waals surface area contributed by atoms with Gasteiger partial charge in [0.05, 0.1) is 6.04 Å². The van der Waals surface area contributed by atoms with E-state index in [-0.39, 0.29) is 11.9 Å². The van der Waals surface area contributed by atoms with E-state index < -0.39 is 0 Å². The van der Waals surface area contributed by atoms with Crippen molar-refractivity contribution in [2.24, 2.45) is 0 Å². The third kappa shape index (κ3) is 4.97. The average Bonchev–Trinajstić information content (AvgIpc) is 3.06. The van der Waals surface area contributed by atoms with Gasteiger partial charge in [0.25, 0.3) is 5.91 Å². The van der Waals surface area contributed by atoms with E-state index in [1.807, 2.05) is 75.5 Å². The molecule has 1 heterocycles. The van der Waals surface area contributed by atoms with Crippen LogP contribution < -0.4 is 10.1 Å². The second kappa shape index (κ2) is 8.54. The number of imidazole rings is 1. The highest BCUT2D eigenvalue weighted by Gasteiger charge is 2.11. The van der Waals surface area contributed by atoms with Crippen molar-refractivity contribution in [2.45, 2.75) is 33.4 Å². The van der Waals surface area contributed by atoms with Crippen LogP contribution in [0.1, 0.15) is 34.2 Å². The number of benzene rings is 2. The van der Waals surface area contributed by atoms with Gasteiger partial charge in [-0.25, -0.2) is 4.98 Å². The smallest absolute Gasteiger partial charge is 0.251 e. The molecule has 0 bridgehead atoms. The molecule has 3 aromatic rings. The first-order valence-electron chi connectivity index (χ1n) is 9.09. The molecule has 2 aromatic carbocycles. The van der Waals surface area contributed by atoms with Crippen LogP contribution in [-0.4, -0.2) is 28.1 Å². The number of nitrogens with zero attached hydrogens (tertiary/aromatic N) is 2. The minimum atomic E-state index is -0.0961. The molecule has 1 amide bonds. The van der Waals surface area contributed by atoms with Gasteiger partial charge in [0.15, 0.2) is 0 Å². The standard InChI is InChI=1S/C22H25N3O2/c1-16-6-4-5-7-21(16)27-15-17(2)24-22(26)20-10-8-19(9-11-20)14-25-13-12-23-18(25)3/h4-13,17H,14-15H2,1-3H3,(H,24,26). The molecule has 0 saturated carbocycles. The van der Waals surface area contributed by atoms with Crippen LogP contribution in [-0.2, 0) is 6.54 Å². The first kappa shape index (κ1) is 18.7. The van der Waals surface area contributed by atoms with Crippen LogP contribution >= 0.6 is 0 Å². The van der Waals surface area contributed by atoms with E-state index >= 15 is 0 Å². The maximum Gasteiger partial charge on any atom is 0.251 e. The summed E-state index contributed by atoms with van der Waals surface area (Å²) < 4.78 is 7.87. The Morgan fingerprint density at radius 2 is 1.89 bits per heavy atom. The van der Waals surface area contributed by atoms with Crippen LogP contribution in [0.25, 0.3) is 0 Å². The molecule has 1 N–H and O–H groups in total. The van der Waals surface area contributed by atoms with Crippen LogP contribution in [0, 0.1) is 13.8 Å². The fourth-order valence-corrected chi connectivity index (χ4v) is 2.81. The Labute approximate surface area is 160 Å². The molecule has 27 heavy (non-hydrogen) atoms. The fraction of sp³-hybridized carbons (Fsp3) is 0.273. The van der Waals surface area contributed by atoms with Crippen molar-refractivity contribution in [2.75, 3.05) is 6.61 Å². The van der Waals surface area contributed by atoms with Gasteiger partial charge in [-0.1, -0.05) is 30.3 Å². The normalized spacial score (nSPS) is 11.8. The average molecular weight is 363 g/mol. The van der Waals surface area contributed by atoms with Gasteiger partial charge in [0, 0.05) is 24.5 Å². The van der Waals surface area contributed by atoms with Gasteiger partial charge in [-0.3, -0.25) is 4.79 Å². The zero-order chi connectivity index (χ0) is 19.2. The van der Waals surface area contributed by atoms with Crippen molar-refractivity contribution >= 4 is 5.91 Å². The molecule has 1 atom stereocenters. The van der Waals surface area contributed by atoms with E-state index in [2.05, 4.69) is 14.9 Å². The Balaban J connectivity index is 1.53. The Morgan fingerprint density at radius 1 is 1.15 bits per heavy atom. The number of rotatable bonds is 7. The molecular weight excluding hydrogens is 338 g/mol. The van der Waals surface area contributed by atoms with E-state index in [1.54, 1.807) is 6.20 Å². The summed E-state index contributed by atoms with van der Waals surface area (Å²) in [5.74, 6) is 1.72. The highest BCUT2D eigenvalue weighted by Crippen LogP contribution is 2.16. The Hall–Kier alpha value is -3.08. The molecule has 1 aromatic heterocycles. The topological polar surface area (TPSA) is 56.1 Å². The zero-order valence-corrected chi connectivity index (χ0v) is 16.0. The lowest BCUT2D eigenvalue weighted by Gasteiger charge is -2.16. The van der Waals surface area contributed by atoms with Gasteiger partial charge in [-0.05, 0) is 50.1 Å². The van der Waals surface area contributed by atoms with E-state index in [0.29, 0.717) is 12.2 Å². The molecule has 5 nitrogen and oxygen atoms in total. The number of aromatic nitrogens is 2. The van der Waals surface area contributed by atoms with E-state index in [4.69, 9.17) is 4.74 Å². The van der Waals surface area contributed by atoms with Crippen molar-refractivity contribution in [3.8, 4) is 5.75 Å². The molecule has 1 unspecified atom stereocenters. The van der Waals surface area contributed by atoms with Gasteiger partial charge in [0.2, 0.25) is 0 Å². The second-order valence-electron chi connectivity index (χ2n) is 6.75. The number of amides is 1. The predicted molar refractivity (Wildman–Crippen MR) is 106 cm³/mol. The number of hydrogen-bond acceptors (Lipinski definition) is 3. The molecule has 0 aliphatic rings. The van der Waals surface area contributed by atoms with Crippen molar-refractivity contribution in [3.05, 3.63) is 83.4 Å². The van der Waals surface area contributed by atoms with Crippen LogP contribution in [0.3, 0.4) is 0 Å². The summed E-state index contributed by atoms with van der Waals surface area (Å²) in [5, 5.41) is 2.98. The monoisotopic (exact) mass is 363 g/mol. The Morgan fingerprint density at radius 3 is 2.56 bits per heavy atom. The van der Waals surface area contributed by atoms with E-state index in [9.17, 15) is 4.79 Å². The van der Waals surface area contributed by atoms with Gasteiger partial charge in [0.1, 0.15) is 18.2 Å². The summed E-state index contributed by atoms with van der Waals surface area (Å²) in [6.45, 7) is 7.09. The second-order valence-corrected chi connectivity index (χ2v) is 6.75. The molecule has 5 heteroatoms. The summed E-state index contributed by atoms with van der Waals surface area (Å²) in [7, 11) is 0. The lowest BCUT2D eigenvalue weighted by atomic mass is 10.1. The molecule has 140 valence electrons. The molecule has 3 rings (SSSR count). The number of carbonyl (C=O) groups is 1. The largest absolute Gasteiger partial charge is 0.491 e. The minimum absolute atomic E-state index is 0.0922. The van der Waals surface area contributed by atoms with Crippen LogP contribution in [0.2, 0.25) is 0 Å². The maximum atomic E-state index is 12.4. The summed E-state index contributed by atoms with van der Waals surface area (Å²) in [6, 6.07) is 15.4. The number of carbonyl (C=O) groups excluding carboxylic acids is 1. The first-order chi connectivity index (χ1) is 13.0. The third-order valence-electron chi connectivity index (χ3n) is 4.45. The lowest BCUT2D eigenvalue weighted by Crippen LogP contribution is -2.36. The van der Waals surface area contributed by atoms with Crippen LogP contribution in [0.5, 0.6) is 5.75 Å². The number of para-hydroxylation sites is 1. The maximum absolute atomic E-state index is 12.4. The van der Waals surface area contributed by atoms with E-state index in [0.717, 1.165) is 29.2 Å². The summed E-state index contributed by atoms with van der Waals surface area (Å²) in [4.78, 5) is 16.7. The molecule has 0 fully saturated rings. The number of aryl methyl sites for hydroxylation is 2. The van der Waals surface area contributed by atoms with Crippen molar-refractivity contribution in [1.82, 2.24) is 14.9 Å². The fourth-order valence-electron chi connectivity index (χ4n) is 2.81. The summed E-state index contributed by atoms with van der Waals surface area (Å²) >= 11 is 0. The molecule has 0 spiro atoms. The predicted octanol–water partition coefficient (Wildman–Crippen LogP) is 3.75. The van der Waals surface area contributed by atoms with Crippen molar-refractivity contribution in [3.63, 3.8) is 0 Å². The molecule has 0 aliphatic heterocycles. The third-order valence-corrected chi connectivity index (χ3v) is 4.45. The van der Waals surface area contributed by atoms with Crippen molar-refractivity contribution in [1.29, 1.82) is 0 Å². The van der Waals surface area contributed by atoms with Crippen LogP contribution in [0.15, 0.2) is 60.9 Å². The number of hydrogen-bond donors (Lipinski definition) is 1. The van der Waals surface area contributed by atoms with Gasteiger partial charge in [-0.2, -0.15) is 0 Å². The molecule has 0 aliphatic carbocycles. The molecular formula is C22H25N3O2. The summed E-state index contributed by atoms with van der Waals surface area (Å²) in [6.07, 6.45) is 3.74. The summed E-state index contributed by atoms with van der Waals surface area (Å²) in [5.41, 5.74) is 2.85. The highest BCUT2D eigenvalue weighted by atomic mass is 16.5. The SMILES string of the molecule is Cc1ccccc1OCC(C)NC(=O)c1ccc(Cn2ccnc2C)cc1. The Bertz CT molecular complexity index is 900. The zero-order valence-electron chi connectivity index (χ0n) is 16.0. The molecule has 0 radical (unpaired) electrons. The van der Waals surface area contributed by atoms with Crippen molar-refractivity contribution < 1.29 is 9.53 Å². The van der Waals surface area contributed by atoms with Gasteiger partial charge in [-0.15, -0.1) is 0 Å². The van der Waals surface area contributed by atoms with Gasteiger partial charge < -0.3 is 14.6 Å². The quantitative estimate of drug-likeness (QED) is 0.696. The number of nitrogens with one attached hydrogen (secondary N) is 1. The van der Waals surface area contributed by atoms with Gasteiger partial charge >= 0.3 is 0 Å². The molecule has 0 saturated heterocycles. The van der Waals surface area contributed by atoms with E-state index in [1.165, 1.54) is 0 Å². The first-order valence-corrected chi connectivity index (χ1v) is 9.09. The van der Waals surface area contributed by atoms with Crippen LogP contribution in [0.4, 0.5) is 0 Å². The highest BCUT2D eigenvalue weighted by molar-refractivity contribution is 5.94. The minimum Gasteiger partial charge on any atom is -0.491 e. The Kier molecular flexibility index (Phi) is 5.91. The lowest BCUT2D eigenvalue weighted by molar-refractivity contribution is 0.0926. The number of ether oxygens (including phenoxy) is 1.